The van der Waals surface area contributed by atoms with Gasteiger partial charge in [-0.05, 0) is 31.9 Å². The molecule has 0 radical (unpaired) electrons. The average Bonchev–Trinajstić information content (AvgIpc) is 3.32. The Hall–Kier alpha value is -1.69. The van der Waals surface area contributed by atoms with Gasteiger partial charge in [0.1, 0.15) is 11.6 Å². The normalized spacial score (nSPS) is 25.2. The van der Waals surface area contributed by atoms with Crippen LogP contribution in [-0.4, -0.2) is 29.1 Å². The van der Waals surface area contributed by atoms with Crippen molar-refractivity contribution in [2.75, 3.05) is 6.54 Å². The quantitative estimate of drug-likeness (QED) is 0.867. The zero-order valence-corrected chi connectivity index (χ0v) is 15.0. The SMILES string of the molecule is CC(C)(C)S(=O)(=O)N1C[C@]1(c1ccccc1)[C@@H](O)c1ccccc1. The van der Waals surface area contributed by atoms with Crippen molar-refractivity contribution in [3.05, 3.63) is 71.8 Å². The van der Waals surface area contributed by atoms with Crippen molar-refractivity contribution in [2.24, 2.45) is 0 Å². The zero-order valence-electron chi connectivity index (χ0n) is 14.2. The number of benzene rings is 2. The van der Waals surface area contributed by atoms with E-state index in [1.807, 2.05) is 60.7 Å². The van der Waals surface area contributed by atoms with Gasteiger partial charge in [-0.15, -0.1) is 0 Å². The molecule has 2 aromatic rings. The van der Waals surface area contributed by atoms with Gasteiger partial charge in [-0.2, -0.15) is 4.31 Å². The lowest BCUT2D eigenvalue weighted by Crippen LogP contribution is -2.38. The maximum Gasteiger partial charge on any atom is 0.220 e. The van der Waals surface area contributed by atoms with E-state index in [9.17, 15) is 13.5 Å². The molecule has 1 heterocycles. The minimum Gasteiger partial charge on any atom is -0.386 e. The maximum atomic E-state index is 13.0. The standard InChI is InChI=1S/C19H23NO3S/c1-18(2,3)24(22,23)20-14-19(20,16-12-8-5-9-13-16)17(21)15-10-6-4-7-11-15/h4-13,17,21H,14H2,1-3H3/t17-,19-,20?/m0/s1. The van der Waals surface area contributed by atoms with E-state index < -0.39 is 26.4 Å². The molecule has 24 heavy (non-hydrogen) atoms. The summed E-state index contributed by atoms with van der Waals surface area (Å²) in [5.41, 5.74) is 0.594. The lowest BCUT2D eigenvalue weighted by atomic mass is 9.89. The zero-order chi connectivity index (χ0) is 17.6. The van der Waals surface area contributed by atoms with Crippen LogP contribution in [0.5, 0.6) is 0 Å². The van der Waals surface area contributed by atoms with Gasteiger partial charge >= 0.3 is 0 Å². The molecule has 0 aromatic heterocycles. The van der Waals surface area contributed by atoms with Crippen molar-refractivity contribution < 1.29 is 13.5 Å². The Morgan fingerprint density at radius 2 is 1.50 bits per heavy atom. The highest BCUT2D eigenvalue weighted by Gasteiger charge is 2.65. The van der Waals surface area contributed by atoms with Crippen molar-refractivity contribution in [1.82, 2.24) is 4.31 Å². The van der Waals surface area contributed by atoms with Crippen LogP contribution in [0.1, 0.15) is 38.0 Å². The lowest BCUT2D eigenvalue weighted by Gasteiger charge is -2.28. The molecule has 1 fully saturated rings. The Labute approximate surface area is 143 Å². The summed E-state index contributed by atoms with van der Waals surface area (Å²) in [7, 11) is -3.54. The van der Waals surface area contributed by atoms with Gasteiger partial charge in [0.2, 0.25) is 10.0 Å². The Balaban J connectivity index is 2.10. The highest BCUT2D eigenvalue weighted by Crippen LogP contribution is 2.55. The second-order valence-electron chi connectivity index (χ2n) is 7.23. The molecule has 1 N–H and O–H groups in total. The predicted octanol–water partition coefficient (Wildman–Crippen LogP) is 3.06. The molecule has 5 heteroatoms. The largest absolute Gasteiger partial charge is 0.386 e. The number of rotatable bonds is 4. The van der Waals surface area contributed by atoms with Crippen molar-refractivity contribution in [1.29, 1.82) is 0 Å². The number of hydrogen-bond acceptors (Lipinski definition) is 3. The molecule has 1 saturated heterocycles. The fourth-order valence-corrected chi connectivity index (χ4v) is 4.73. The van der Waals surface area contributed by atoms with E-state index in [-0.39, 0.29) is 6.54 Å². The van der Waals surface area contributed by atoms with E-state index in [4.69, 9.17) is 0 Å². The van der Waals surface area contributed by atoms with E-state index in [0.29, 0.717) is 5.56 Å². The smallest absolute Gasteiger partial charge is 0.220 e. The second kappa shape index (κ2) is 5.69. The van der Waals surface area contributed by atoms with Crippen LogP contribution in [-0.2, 0) is 15.6 Å². The summed E-state index contributed by atoms with van der Waals surface area (Å²) in [4.78, 5) is 0. The minimum absolute atomic E-state index is 0.284. The highest BCUT2D eigenvalue weighted by molar-refractivity contribution is 7.90. The molecule has 0 saturated carbocycles. The lowest BCUT2D eigenvalue weighted by molar-refractivity contribution is 0.117. The van der Waals surface area contributed by atoms with Crippen molar-refractivity contribution in [3.8, 4) is 0 Å². The Bertz CT molecular complexity index is 813. The Morgan fingerprint density at radius 1 is 1.00 bits per heavy atom. The fourth-order valence-electron chi connectivity index (χ4n) is 3.07. The van der Waals surface area contributed by atoms with Gasteiger partial charge in [-0.25, -0.2) is 8.42 Å². The van der Waals surface area contributed by atoms with Crippen LogP contribution in [0.2, 0.25) is 0 Å². The van der Waals surface area contributed by atoms with Crippen molar-refractivity contribution in [3.63, 3.8) is 0 Å². The van der Waals surface area contributed by atoms with E-state index in [2.05, 4.69) is 0 Å². The van der Waals surface area contributed by atoms with Gasteiger partial charge in [-0.1, -0.05) is 60.7 Å². The molecule has 1 aliphatic rings. The molecule has 0 amide bonds. The van der Waals surface area contributed by atoms with Crippen LogP contribution in [0.4, 0.5) is 0 Å². The van der Waals surface area contributed by atoms with Gasteiger partial charge in [0.25, 0.3) is 0 Å². The molecule has 0 aliphatic carbocycles. The molecule has 2 aromatic carbocycles. The van der Waals surface area contributed by atoms with Gasteiger partial charge in [0.15, 0.2) is 0 Å². The first-order valence-corrected chi connectivity index (χ1v) is 9.46. The molecule has 3 atom stereocenters. The summed E-state index contributed by atoms with van der Waals surface area (Å²) in [5.74, 6) is 0. The number of hydrogen-bond donors (Lipinski definition) is 1. The third-order valence-corrected chi connectivity index (χ3v) is 7.21. The summed E-state index contributed by atoms with van der Waals surface area (Å²) >= 11 is 0. The number of aliphatic hydroxyl groups is 1. The van der Waals surface area contributed by atoms with Crippen LogP contribution in [0.15, 0.2) is 60.7 Å². The predicted molar refractivity (Wildman–Crippen MR) is 94.9 cm³/mol. The van der Waals surface area contributed by atoms with Gasteiger partial charge in [-0.3, -0.25) is 0 Å². The minimum atomic E-state index is -3.54. The van der Waals surface area contributed by atoms with Crippen molar-refractivity contribution >= 4 is 10.0 Å². The van der Waals surface area contributed by atoms with Gasteiger partial charge < -0.3 is 5.11 Å². The molecule has 1 aliphatic heterocycles. The fraction of sp³-hybridized carbons (Fsp3) is 0.368. The number of aliphatic hydroxyl groups excluding tert-OH is 1. The van der Waals surface area contributed by atoms with Crippen LogP contribution in [0.25, 0.3) is 0 Å². The second-order valence-corrected chi connectivity index (χ2v) is 9.84. The van der Waals surface area contributed by atoms with Crippen LogP contribution >= 0.6 is 0 Å². The van der Waals surface area contributed by atoms with Crippen LogP contribution in [0, 0.1) is 0 Å². The Kier molecular flexibility index (Phi) is 4.06. The van der Waals surface area contributed by atoms with E-state index in [1.165, 1.54) is 4.31 Å². The molecular weight excluding hydrogens is 322 g/mol. The third kappa shape index (κ3) is 2.57. The van der Waals surface area contributed by atoms with E-state index >= 15 is 0 Å². The molecule has 1 unspecified atom stereocenters. The molecule has 4 nitrogen and oxygen atoms in total. The monoisotopic (exact) mass is 345 g/mol. The number of sulfonamides is 1. The van der Waals surface area contributed by atoms with E-state index in [0.717, 1.165) is 5.56 Å². The first kappa shape index (κ1) is 17.1. The third-order valence-electron chi connectivity index (χ3n) is 4.63. The summed E-state index contributed by atoms with van der Waals surface area (Å²) in [6, 6.07) is 18.6. The molecule has 128 valence electrons. The van der Waals surface area contributed by atoms with E-state index in [1.54, 1.807) is 20.8 Å². The van der Waals surface area contributed by atoms with Crippen molar-refractivity contribution in [2.45, 2.75) is 37.2 Å². The summed E-state index contributed by atoms with van der Waals surface area (Å²) in [6.45, 7) is 5.34. The summed E-state index contributed by atoms with van der Waals surface area (Å²) in [5, 5.41) is 11.1. The summed E-state index contributed by atoms with van der Waals surface area (Å²) in [6.07, 6.45) is -0.918. The molecule has 0 spiro atoms. The van der Waals surface area contributed by atoms with Gasteiger partial charge in [0, 0.05) is 6.54 Å². The molecule has 0 bridgehead atoms. The topological polar surface area (TPSA) is 57.4 Å². The number of nitrogens with zero attached hydrogens (tertiary/aromatic N) is 1. The molecular formula is C19H23NO3S. The van der Waals surface area contributed by atoms with Gasteiger partial charge in [0.05, 0.1) is 4.75 Å². The highest BCUT2D eigenvalue weighted by atomic mass is 32.2. The summed E-state index contributed by atoms with van der Waals surface area (Å²) < 4.78 is 26.4. The van der Waals surface area contributed by atoms with Crippen LogP contribution < -0.4 is 0 Å². The Morgan fingerprint density at radius 3 is 2.00 bits per heavy atom. The first-order chi connectivity index (χ1) is 11.2. The first-order valence-electron chi connectivity index (χ1n) is 8.02. The average molecular weight is 345 g/mol. The molecule has 3 rings (SSSR count). The van der Waals surface area contributed by atoms with Crippen LogP contribution in [0.3, 0.4) is 0 Å². The maximum absolute atomic E-state index is 13.0.